The fourth-order valence-corrected chi connectivity index (χ4v) is 3.70. The van der Waals surface area contributed by atoms with Crippen molar-refractivity contribution in [3.63, 3.8) is 0 Å². The van der Waals surface area contributed by atoms with E-state index >= 15 is 0 Å². The lowest BCUT2D eigenvalue weighted by atomic mass is 9.79. The van der Waals surface area contributed by atoms with Crippen molar-refractivity contribution >= 4 is 17.8 Å². The summed E-state index contributed by atoms with van der Waals surface area (Å²) >= 11 is 0. The Balaban J connectivity index is 1.80. The number of amides is 1. The van der Waals surface area contributed by atoms with Crippen LogP contribution in [0.25, 0.3) is 0 Å². The number of anilines is 1. The van der Waals surface area contributed by atoms with Gasteiger partial charge in [0, 0.05) is 23.8 Å². The van der Waals surface area contributed by atoms with E-state index in [-0.39, 0.29) is 17.3 Å². The van der Waals surface area contributed by atoms with Gasteiger partial charge >= 0.3 is 0 Å². The van der Waals surface area contributed by atoms with Gasteiger partial charge in [-0.1, -0.05) is 6.92 Å². The number of aryl methyl sites for hydroxylation is 1. The molecule has 1 aliphatic heterocycles. The Morgan fingerprint density at radius 1 is 1.30 bits per heavy atom. The molecule has 0 aromatic heterocycles. The summed E-state index contributed by atoms with van der Waals surface area (Å²) in [5.41, 5.74) is 7.63. The van der Waals surface area contributed by atoms with Crippen LogP contribution in [0.4, 0.5) is 10.1 Å². The SMILES string of the molecule is Cc1cc2c(cc1/C=N/NC(=O)c1ccc(F)cc1)C(C)CC(C)(C)N2C. The maximum Gasteiger partial charge on any atom is 0.271 e. The van der Waals surface area contributed by atoms with E-state index in [4.69, 9.17) is 0 Å². The molecule has 0 saturated carbocycles. The van der Waals surface area contributed by atoms with Gasteiger partial charge < -0.3 is 4.90 Å². The summed E-state index contributed by atoms with van der Waals surface area (Å²) in [6.07, 6.45) is 2.75. The first kappa shape index (κ1) is 19.1. The monoisotopic (exact) mass is 367 g/mol. The Hall–Kier alpha value is -2.69. The quantitative estimate of drug-likeness (QED) is 0.635. The molecule has 1 aliphatic rings. The normalized spacial score (nSPS) is 18.4. The third-order valence-corrected chi connectivity index (χ3v) is 5.50. The van der Waals surface area contributed by atoms with Gasteiger partial charge in [0.2, 0.25) is 0 Å². The van der Waals surface area contributed by atoms with Gasteiger partial charge in [-0.05, 0) is 86.2 Å². The summed E-state index contributed by atoms with van der Waals surface area (Å²) in [6.45, 7) is 8.83. The van der Waals surface area contributed by atoms with Crippen LogP contribution in [0.2, 0.25) is 0 Å². The standard InChI is InChI=1S/C22H26FN3O/c1-14-10-20-19(15(2)12-22(3,4)26(20)5)11-17(14)13-24-25-21(27)16-6-8-18(23)9-7-16/h6-11,13,15H,12H2,1-5H3,(H,25,27)/b24-13+. The summed E-state index contributed by atoms with van der Waals surface area (Å²) in [4.78, 5) is 14.4. The minimum absolute atomic E-state index is 0.123. The lowest BCUT2D eigenvalue weighted by Crippen LogP contribution is -2.45. The molecule has 2 aromatic carbocycles. The van der Waals surface area contributed by atoms with E-state index in [9.17, 15) is 9.18 Å². The van der Waals surface area contributed by atoms with Crippen molar-refractivity contribution in [3.8, 4) is 0 Å². The zero-order valence-corrected chi connectivity index (χ0v) is 16.5. The van der Waals surface area contributed by atoms with Crippen molar-refractivity contribution in [1.82, 2.24) is 5.43 Å². The largest absolute Gasteiger partial charge is 0.369 e. The van der Waals surface area contributed by atoms with Crippen LogP contribution < -0.4 is 10.3 Å². The number of rotatable bonds is 3. The highest BCUT2D eigenvalue weighted by Gasteiger charge is 2.34. The third kappa shape index (κ3) is 3.87. The van der Waals surface area contributed by atoms with E-state index in [1.54, 1.807) is 6.21 Å². The predicted octanol–water partition coefficient (Wildman–Crippen LogP) is 4.62. The smallest absolute Gasteiger partial charge is 0.271 e. The first-order chi connectivity index (χ1) is 12.7. The molecule has 5 heteroatoms. The van der Waals surface area contributed by atoms with Gasteiger partial charge in [-0.2, -0.15) is 5.10 Å². The Kier molecular flexibility index (Phi) is 5.05. The minimum atomic E-state index is -0.373. The molecule has 0 fully saturated rings. The average Bonchev–Trinajstić information content (AvgIpc) is 2.61. The van der Waals surface area contributed by atoms with Crippen LogP contribution >= 0.6 is 0 Å². The maximum atomic E-state index is 12.9. The molecular weight excluding hydrogens is 341 g/mol. The molecule has 142 valence electrons. The molecule has 1 heterocycles. The van der Waals surface area contributed by atoms with E-state index < -0.39 is 0 Å². The Morgan fingerprint density at radius 3 is 2.63 bits per heavy atom. The van der Waals surface area contributed by atoms with Crippen molar-refractivity contribution in [1.29, 1.82) is 0 Å². The summed E-state index contributed by atoms with van der Waals surface area (Å²) in [7, 11) is 2.14. The molecule has 3 rings (SSSR count). The molecule has 1 N–H and O–H groups in total. The summed E-state index contributed by atoms with van der Waals surface area (Å²) in [6, 6.07) is 9.73. The molecule has 1 atom stereocenters. The van der Waals surface area contributed by atoms with Crippen LogP contribution in [0.5, 0.6) is 0 Å². The lowest BCUT2D eigenvalue weighted by molar-refractivity contribution is 0.0955. The van der Waals surface area contributed by atoms with E-state index in [1.165, 1.54) is 35.5 Å². The molecule has 0 radical (unpaired) electrons. The van der Waals surface area contributed by atoms with E-state index in [2.05, 4.69) is 55.4 Å². The number of hydrazone groups is 1. The highest BCUT2D eigenvalue weighted by Crippen LogP contribution is 2.43. The number of nitrogens with one attached hydrogen (secondary N) is 1. The van der Waals surface area contributed by atoms with Crippen molar-refractivity contribution in [3.05, 3.63) is 64.5 Å². The van der Waals surface area contributed by atoms with Crippen LogP contribution in [0.1, 0.15) is 60.2 Å². The summed E-state index contributed by atoms with van der Waals surface area (Å²) in [5.74, 6) is -0.286. The van der Waals surface area contributed by atoms with Gasteiger partial charge in [0.05, 0.1) is 6.21 Å². The first-order valence-electron chi connectivity index (χ1n) is 9.16. The molecule has 27 heavy (non-hydrogen) atoms. The molecule has 4 nitrogen and oxygen atoms in total. The maximum absolute atomic E-state index is 12.9. The number of hydrogen-bond donors (Lipinski definition) is 1. The van der Waals surface area contributed by atoms with Crippen LogP contribution in [0.3, 0.4) is 0 Å². The minimum Gasteiger partial charge on any atom is -0.369 e. The van der Waals surface area contributed by atoms with Crippen LogP contribution in [0, 0.1) is 12.7 Å². The van der Waals surface area contributed by atoms with Crippen LogP contribution in [-0.4, -0.2) is 24.7 Å². The van der Waals surface area contributed by atoms with Crippen molar-refractivity contribution in [2.45, 2.75) is 45.6 Å². The molecule has 1 amide bonds. The van der Waals surface area contributed by atoms with Gasteiger partial charge in [0.15, 0.2) is 0 Å². The fraction of sp³-hybridized carbons (Fsp3) is 0.364. The molecule has 0 aliphatic carbocycles. The van der Waals surface area contributed by atoms with Gasteiger partial charge in [0.25, 0.3) is 5.91 Å². The molecule has 2 aromatic rings. The topological polar surface area (TPSA) is 44.7 Å². The van der Waals surface area contributed by atoms with Crippen molar-refractivity contribution < 1.29 is 9.18 Å². The third-order valence-electron chi connectivity index (χ3n) is 5.50. The van der Waals surface area contributed by atoms with E-state index in [0.29, 0.717) is 11.5 Å². The van der Waals surface area contributed by atoms with Gasteiger partial charge in [-0.15, -0.1) is 0 Å². The predicted molar refractivity (Wildman–Crippen MR) is 108 cm³/mol. The summed E-state index contributed by atoms with van der Waals surface area (Å²) < 4.78 is 12.9. The number of hydrogen-bond acceptors (Lipinski definition) is 3. The number of carbonyl (C=O) groups excluding carboxylic acids is 1. The zero-order valence-electron chi connectivity index (χ0n) is 16.5. The van der Waals surface area contributed by atoms with Crippen LogP contribution in [-0.2, 0) is 0 Å². The van der Waals surface area contributed by atoms with Gasteiger partial charge in [0.1, 0.15) is 5.82 Å². The Labute approximate surface area is 160 Å². The number of fused-ring (bicyclic) bond motifs is 1. The fourth-order valence-electron chi connectivity index (χ4n) is 3.70. The number of carbonyl (C=O) groups is 1. The van der Waals surface area contributed by atoms with Gasteiger partial charge in [-0.3, -0.25) is 4.79 Å². The Morgan fingerprint density at radius 2 is 1.96 bits per heavy atom. The highest BCUT2D eigenvalue weighted by molar-refractivity contribution is 5.95. The molecule has 0 saturated heterocycles. The number of nitrogens with zero attached hydrogens (tertiary/aromatic N) is 2. The Bertz CT molecular complexity index is 887. The van der Waals surface area contributed by atoms with Crippen LogP contribution in [0.15, 0.2) is 41.5 Å². The molecule has 1 unspecified atom stereocenters. The number of benzene rings is 2. The number of halogens is 1. The molecule has 0 bridgehead atoms. The second-order valence-electron chi connectivity index (χ2n) is 7.95. The van der Waals surface area contributed by atoms with Crippen molar-refractivity contribution in [2.24, 2.45) is 5.10 Å². The average molecular weight is 367 g/mol. The summed E-state index contributed by atoms with van der Waals surface area (Å²) in [5, 5.41) is 4.09. The molecule has 0 spiro atoms. The van der Waals surface area contributed by atoms with Crippen molar-refractivity contribution in [2.75, 3.05) is 11.9 Å². The highest BCUT2D eigenvalue weighted by atomic mass is 19.1. The zero-order chi connectivity index (χ0) is 19.8. The first-order valence-corrected chi connectivity index (χ1v) is 9.16. The lowest BCUT2D eigenvalue weighted by Gasteiger charge is -2.45. The van der Waals surface area contributed by atoms with E-state index in [0.717, 1.165) is 17.5 Å². The van der Waals surface area contributed by atoms with E-state index in [1.807, 2.05) is 6.92 Å². The molecular formula is C22H26FN3O. The van der Waals surface area contributed by atoms with Gasteiger partial charge in [-0.25, -0.2) is 9.82 Å². The second-order valence-corrected chi connectivity index (χ2v) is 7.95. The second kappa shape index (κ2) is 7.14.